The van der Waals surface area contributed by atoms with Gasteiger partial charge < -0.3 is 10.6 Å². The monoisotopic (exact) mass is 252 g/mol. The van der Waals surface area contributed by atoms with Crippen LogP contribution < -0.4 is 10.6 Å². The van der Waals surface area contributed by atoms with Gasteiger partial charge in [-0.2, -0.15) is 0 Å². The SMILES string of the molecule is NCCN(CC(F)F)c1ncc2ccccc2n1. The van der Waals surface area contributed by atoms with Crippen LogP contribution in [0.25, 0.3) is 10.9 Å². The fourth-order valence-corrected chi connectivity index (χ4v) is 1.71. The summed E-state index contributed by atoms with van der Waals surface area (Å²) in [7, 11) is 0. The second-order valence-corrected chi connectivity index (χ2v) is 3.85. The van der Waals surface area contributed by atoms with Crippen LogP contribution in [0.4, 0.5) is 14.7 Å². The second-order valence-electron chi connectivity index (χ2n) is 3.85. The van der Waals surface area contributed by atoms with Crippen LogP contribution in [0.15, 0.2) is 30.5 Å². The minimum atomic E-state index is -2.44. The maximum absolute atomic E-state index is 12.5. The summed E-state index contributed by atoms with van der Waals surface area (Å²) in [5, 5.41) is 0.881. The van der Waals surface area contributed by atoms with Crippen LogP contribution in [-0.4, -0.2) is 36.0 Å². The Morgan fingerprint density at radius 2 is 2.06 bits per heavy atom. The van der Waals surface area contributed by atoms with E-state index in [4.69, 9.17) is 5.73 Å². The molecule has 0 fully saturated rings. The van der Waals surface area contributed by atoms with Crippen LogP contribution in [0.3, 0.4) is 0 Å². The predicted molar refractivity (Wildman–Crippen MR) is 66.8 cm³/mol. The van der Waals surface area contributed by atoms with Gasteiger partial charge in [-0.3, -0.25) is 0 Å². The first-order chi connectivity index (χ1) is 8.70. The van der Waals surface area contributed by atoms with Gasteiger partial charge in [0.1, 0.15) is 0 Å². The topological polar surface area (TPSA) is 55.0 Å². The third kappa shape index (κ3) is 2.89. The van der Waals surface area contributed by atoms with Crippen LogP contribution in [0.5, 0.6) is 0 Å². The standard InChI is InChI=1S/C12H14F2N4/c13-11(14)8-18(6-5-15)12-16-7-9-3-1-2-4-10(9)17-12/h1-4,7,11H,5-6,8,15H2. The molecule has 0 aliphatic rings. The van der Waals surface area contributed by atoms with Crippen molar-refractivity contribution in [2.75, 3.05) is 24.5 Å². The average molecular weight is 252 g/mol. The summed E-state index contributed by atoms with van der Waals surface area (Å²) in [5.74, 6) is 0.291. The van der Waals surface area contributed by atoms with E-state index >= 15 is 0 Å². The number of benzene rings is 1. The fourth-order valence-electron chi connectivity index (χ4n) is 1.71. The maximum atomic E-state index is 12.5. The number of fused-ring (bicyclic) bond motifs is 1. The van der Waals surface area contributed by atoms with Gasteiger partial charge in [0.15, 0.2) is 0 Å². The molecule has 0 aliphatic carbocycles. The lowest BCUT2D eigenvalue weighted by Crippen LogP contribution is -2.34. The molecule has 2 aromatic rings. The number of alkyl halides is 2. The van der Waals surface area contributed by atoms with Gasteiger partial charge in [-0.05, 0) is 6.07 Å². The summed E-state index contributed by atoms with van der Waals surface area (Å²) in [5.41, 5.74) is 6.15. The lowest BCUT2D eigenvalue weighted by molar-refractivity contribution is 0.154. The summed E-state index contributed by atoms with van der Waals surface area (Å²) in [6.45, 7) is 0.182. The van der Waals surface area contributed by atoms with Crippen molar-refractivity contribution >= 4 is 16.9 Å². The van der Waals surface area contributed by atoms with Gasteiger partial charge in [-0.15, -0.1) is 0 Å². The highest BCUT2D eigenvalue weighted by Crippen LogP contribution is 2.15. The molecule has 0 saturated carbocycles. The Kier molecular flexibility index (Phi) is 3.99. The number of hydrogen-bond acceptors (Lipinski definition) is 4. The molecule has 0 atom stereocenters. The minimum absolute atomic E-state index is 0.281. The van der Waals surface area contributed by atoms with E-state index < -0.39 is 13.0 Å². The number of rotatable bonds is 5. The van der Waals surface area contributed by atoms with Gasteiger partial charge in [0.2, 0.25) is 5.95 Å². The number of aromatic nitrogens is 2. The van der Waals surface area contributed by atoms with Crippen molar-refractivity contribution in [1.82, 2.24) is 9.97 Å². The first kappa shape index (κ1) is 12.6. The van der Waals surface area contributed by atoms with E-state index in [9.17, 15) is 8.78 Å². The lowest BCUT2D eigenvalue weighted by Gasteiger charge is -2.21. The lowest BCUT2D eigenvalue weighted by atomic mass is 10.2. The van der Waals surface area contributed by atoms with Crippen molar-refractivity contribution in [2.45, 2.75) is 6.43 Å². The molecule has 0 unspecified atom stereocenters. The van der Waals surface area contributed by atoms with E-state index in [-0.39, 0.29) is 6.54 Å². The molecule has 1 heterocycles. The molecule has 1 aromatic carbocycles. The molecule has 0 spiro atoms. The Morgan fingerprint density at radius 1 is 1.28 bits per heavy atom. The van der Waals surface area contributed by atoms with Gasteiger partial charge in [0.05, 0.1) is 12.1 Å². The molecule has 4 nitrogen and oxygen atoms in total. The molecule has 0 amide bonds. The molecule has 1 aromatic heterocycles. The van der Waals surface area contributed by atoms with Gasteiger partial charge in [-0.1, -0.05) is 18.2 Å². The van der Waals surface area contributed by atoms with Crippen LogP contribution in [0.2, 0.25) is 0 Å². The fraction of sp³-hybridized carbons (Fsp3) is 0.333. The predicted octanol–water partition coefficient (Wildman–Crippen LogP) is 1.66. The van der Waals surface area contributed by atoms with Gasteiger partial charge in [-0.25, -0.2) is 18.7 Å². The maximum Gasteiger partial charge on any atom is 0.255 e. The van der Waals surface area contributed by atoms with Crippen molar-refractivity contribution in [2.24, 2.45) is 5.73 Å². The Morgan fingerprint density at radius 3 is 2.78 bits per heavy atom. The smallest absolute Gasteiger partial charge is 0.255 e. The zero-order valence-corrected chi connectivity index (χ0v) is 9.76. The Bertz CT molecular complexity index is 518. The van der Waals surface area contributed by atoms with Crippen molar-refractivity contribution in [3.05, 3.63) is 30.5 Å². The van der Waals surface area contributed by atoms with Gasteiger partial charge in [0, 0.05) is 24.7 Å². The van der Waals surface area contributed by atoms with Gasteiger partial charge in [0.25, 0.3) is 6.43 Å². The van der Waals surface area contributed by atoms with E-state index in [1.54, 1.807) is 6.20 Å². The molecule has 2 rings (SSSR count). The number of hydrogen-bond donors (Lipinski definition) is 1. The third-order valence-electron chi connectivity index (χ3n) is 2.52. The number of nitrogens with zero attached hydrogens (tertiary/aromatic N) is 3. The van der Waals surface area contributed by atoms with Crippen LogP contribution in [-0.2, 0) is 0 Å². The van der Waals surface area contributed by atoms with Crippen molar-refractivity contribution in [1.29, 1.82) is 0 Å². The van der Waals surface area contributed by atoms with E-state index in [0.717, 1.165) is 10.9 Å². The second kappa shape index (κ2) is 5.68. The van der Waals surface area contributed by atoms with E-state index in [2.05, 4.69) is 9.97 Å². The molecular weight excluding hydrogens is 238 g/mol. The Labute approximate surface area is 103 Å². The van der Waals surface area contributed by atoms with Crippen LogP contribution in [0.1, 0.15) is 0 Å². The molecular formula is C12H14F2N4. The minimum Gasteiger partial charge on any atom is -0.334 e. The summed E-state index contributed by atoms with van der Waals surface area (Å²) in [6.07, 6.45) is -0.807. The van der Waals surface area contributed by atoms with E-state index in [0.29, 0.717) is 12.5 Å². The quantitative estimate of drug-likeness (QED) is 0.879. The first-order valence-corrected chi connectivity index (χ1v) is 5.65. The molecule has 96 valence electrons. The Hall–Kier alpha value is -1.82. The first-order valence-electron chi connectivity index (χ1n) is 5.65. The Balaban J connectivity index is 2.31. The molecule has 0 saturated heterocycles. The van der Waals surface area contributed by atoms with E-state index in [1.165, 1.54) is 4.90 Å². The summed E-state index contributed by atoms with van der Waals surface area (Å²) in [4.78, 5) is 9.78. The van der Waals surface area contributed by atoms with Crippen molar-refractivity contribution < 1.29 is 8.78 Å². The number of halogens is 2. The molecule has 0 aliphatic heterocycles. The summed E-state index contributed by atoms with van der Waals surface area (Å²) >= 11 is 0. The third-order valence-corrected chi connectivity index (χ3v) is 2.52. The number of para-hydroxylation sites is 1. The van der Waals surface area contributed by atoms with Gasteiger partial charge >= 0.3 is 0 Å². The highest BCUT2D eigenvalue weighted by Gasteiger charge is 2.14. The highest BCUT2D eigenvalue weighted by molar-refractivity contribution is 5.78. The summed E-state index contributed by atoms with van der Waals surface area (Å²) < 4.78 is 24.9. The van der Waals surface area contributed by atoms with Crippen LogP contribution >= 0.6 is 0 Å². The highest BCUT2D eigenvalue weighted by atomic mass is 19.3. The van der Waals surface area contributed by atoms with E-state index in [1.807, 2.05) is 24.3 Å². The molecule has 6 heteroatoms. The van der Waals surface area contributed by atoms with Crippen molar-refractivity contribution in [3.63, 3.8) is 0 Å². The number of anilines is 1. The molecule has 18 heavy (non-hydrogen) atoms. The largest absolute Gasteiger partial charge is 0.334 e. The molecule has 2 N–H and O–H groups in total. The normalized spacial score (nSPS) is 11.1. The summed E-state index contributed by atoms with van der Waals surface area (Å²) in [6, 6.07) is 7.42. The average Bonchev–Trinajstić information content (AvgIpc) is 2.37. The van der Waals surface area contributed by atoms with Crippen molar-refractivity contribution in [3.8, 4) is 0 Å². The zero-order chi connectivity index (χ0) is 13.0. The zero-order valence-electron chi connectivity index (χ0n) is 9.76. The molecule has 0 bridgehead atoms. The van der Waals surface area contributed by atoms with Crippen LogP contribution in [0, 0.1) is 0 Å². The number of nitrogens with two attached hydrogens (primary N) is 1. The molecule has 0 radical (unpaired) electrons.